The minimum atomic E-state index is -2.86. The monoisotopic (exact) mass is 894 g/mol. The van der Waals surface area contributed by atoms with Gasteiger partial charge in [0.15, 0.2) is 11.3 Å². The summed E-state index contributed by atoms with van der Waals surface area (Å²) in [6.07, 6.45) is 11.4. The molecule has 4 saturated heterocycles. The average Bonchev–Trinajstić information content (AvgIpc) is 4.14. The van der Waals surface area contributed by atoms with Crippen molar-refractivity contribution < 1.29 is 42.2 Å². The first-order valence-corrected chi connectivity index (χ1v) is 23.2. The van der Waals surface area contributed by atoms with E-state index in [-0.39, 0.29) is 54.5 Å². The smallest absolute Gasteiger partial charge is 0.284 e. The molecule has 1 unspecified atom stereocenters. The number of halogens is 2. The van der Waals surface area contributed by atoms with E-state index >= 15 is 0 Å². The highest BCUT2D eigenvalue weighted by Crippen LogP contribution is 2.40. The molecule has 4 aromatic rings. The summed E-state index contributed by atoms with van der Waals surface area (Å²) in [7, 11) is 0. The lowest BCUT2D eigenvalue weighted by molar-refractivity contribution is -0.136. The van der Waals surface area contributed by atoms with Gasteiger partial charge in [-0.25, -0.2) is 18.3 Å². The number of piperidine rings is 2. The van der Waals surface area contributed by atoms with Gasteiger partial charge in [-0.1, -0.05) is 12.1 Å². The third kappa shape index (κ3) is 7.98. The second kappa shape index (κ2) is 17.0. The lowest BCUT2D eigenvalue weighted by Crippen LogP contribution is -2.54. The number of likely N-dealkylation sites (tertiary alicyclic amines) is 1. The van der Waals surface area contributed by atoms with Gasteiger partial charge in [-0.2, -0.15) is 10.2 Å². The molecule has 65 heavy (non-hydrogen) atoms. The first-order chi connectivity index (χ1) is 31.5. The Morgan fingerprint density at radius 2 is 1.75 bits per heavy atom. The van der Waals surface area contributed by atoms with E-state index in [4.69, 9.17) is 14.5 Å². The number of rotatable bonds is 12. The van der Waals surface area contributed by atoms with Crippen LogP contribution in [0.1, 0.15) is 125 Å². The van der Waals surface area contributed by atoms with Crippen LogP contribution in [0.3, 0.4) is 0 Å². The largest absolute Gasteiger partial charge is 0.375 e. The van der Waals surface area contributed by atoms with Crippen molar-refractivity contribution in [3.8, 4) is 0 Å². The van der Waals surface area contributed by atoms with Crippen molar-refractivity contribution in [2.75, 3.05) is 43.0 Å². The zero-order valence-corrected chi connectivity index (χ0v) is 35.9. The number of hydrogen-bond donors (Lipinski definition) is 2. The molecule has 1 aromatic carbocycles. The molecule has 342 valence electrons. The number of hydrogen-bond acceptors (Lipinski definition) is 12. The third-order valence-corrected chi connectivity index (χ3v) is 14.9. The molecule has 7 aliphatic rings. The van der Waals surface area contributed by atoms with Crippen LogP contribution in [0.2, 0.25) is 0 Å². The summed E-state index contributed by atoms with van der Waals surface area (Å²) in [5.74, 6) is -0.982. The average molecular weight is 895 g/mol. The predicted octanol–water partition coefficient (Wildman–Crippen LogP) is 4.73. The molecule has 3 atom stereocenters. The molecule has 17 nitrogen and oxygen atoms in total. The zero-order chi connectivity index (χ0) is 44.5. The van der Waals surface area contributed by atoms with Crippen LogP contribution < -0.4 is 15.5 Å². The van der Waals surface area contributed by atoms with Crippen LogP contribution in [-0.2, 0) is 25.5 Å². The molecule has 19 heteroatoms. The van der Waals surface area contributed by atoms with Gasteiger partial charge < -0.3 is 24.6 Å². The number of nitrogens with one attached hydrogen (secondary N) is 2. The Hall–Kier alpha value is -5.66. The molecule has 3 aromatic heterocycles. The van der Waals surface area contributed by atoms with Crippen LogP contribution >= 0.6 is 0 Å². The summed E-state index contributed by atoms with van der Waals surface area (Å²) in [4.78, 5) is 75.0. The number of morpholine rings is 1. The van der Waals surface area contributed by atoms with Crippen molar-refractivity contribution in [2.45, 2.75) is 120 Å². The van der Waals surface area contributed by atoms with Gasteiger partial charge in [0, 0.05) is 45.0 Å². The second-order valence-electron chi connectivity index (χ2n) is 19.0. The number of carbonyl (C=O) groups excluding carboxylic acids is 5. The van der Waals surface area contributed by atoms with Gasteiger partial charge in [0.05, 0.1) is 60.0 Å². The summed E-state index contributed by atoms with van der Waals surface area (Å²) in [5.41, 5.74) is 1.59. The van der Waals surface area contributed by atoms with E-state index in [9.17, 15) is 32.8 Å². The van der Waals surface area contributed by atoms with Crippen LogP contribution in [0, 0.1) is 11.8 Å². The van der Waals surface area contributed by atoms with Crippen molar-refractivity contribution in [1.29, 1.82) is 0 Å². The van der Waals surface area contributed by atoms with Crippen molar-refractivity contribution in [3.63, 3.8) is 0 Å². The molecule has 0 radical (unpaired) electrons. The fraction of sp³-hybridized carbons (Fsp3) is 0.565. The van der Waals surface area contributed by atoms with E-state index in [0.717, 1.165) is 100 Å². The van der Waals surface area contributed by atoms with Crippen molar-refractivity contribution in [3.05, 3.63) is 70.8 Å². The Balaban J connectivity index is 0.629. The van der Waals surface area contributed by atoms with Gasteiger partial charge in [0.2, 0.25) is 11.8 Å². The summed E-state index contributed by atoms with van der Waals surface area (Å²) in [6.45, 7) is 4.27. The standard InChI is InChI=1S/C46H52F2N10O7/c47-41(48)40-35(50-43(60)34-20-49-56-15-12-37(51-42(34)56)55-22-32-19-29(55)24-64-32)23-57(53-40)28-6-4-25(5-7-28)21-54-13-10-30(11-14-54)65-31-17-26(18-31)16-27-2-1-3-33-39(27)46(63)58(45(33)62)36-8-9-38(59)52-44(36)61/h1-3,12,15,20,23,25-26,28-32,36,41H,4-11,13-14,16-19,21-22,24H2,(H,50,60)(H,52,59,61)/t25?,26?,28?,29-,31?,32-,36?/m1/s1. The fourth-order valence-corrected chi connectivity index (χ4v) is 11.4. The molecule has 0 spiro atoms. The van der Waals surface area contributed by atoms with Gasteiger partial charge in [-0.3, -0.25) is 38.9 Å². The summed E-state index contributed by atoms with van der Waals surface area (Å²) >= 11 is 0. The number of aromatic nitrogens is 5. The molecular weight excluding hydrogens is 843 g/mol. The highest BCUT2D eigenvalue weighted by Gasteiger charge is 2.46. The number of imide groups is 2. The number of amides is 5. The maximum absolute atomic E-state index is 14.3. The molecule has 11 rings (SSSR count). The number of anilines is 2. The number of benzene rings is 1. The molecule has 2 bridgehead atoms. The molecule has 5 amide bonds. The summed E-state index contributed by atoms with van der Waals surface area (Å²) < 4.78 is 44.0. The highest BCUT2D eigenvalue weighted by atomic mass is 19.3. The van der Waals surface area contributed by atoms with Gasteiger partial charge in [-0.05, 0) is 100 Å². The minimum Gasteiger partial charge on any atom is -0.375 e. The topological polar surface area (TPSA) is 186 Å². The number of fused-ring (bicyclic) bond motifs is 4. The first kappa shape index (κ1) is 42.0. The van der Waals surface area contributed by atoms with Crippen LogP contribution in [0.25, 0.3) is 5.65 Å². The Morgan fingerprint density at radius 3 is 2.49 bits per heavy atom. The summed E-state index contributed by atoms with van der Waals surface area (Å²) in [5, 5.41) is 13.5. The van der Waals surface area contributed by atoms with Crippen molar-refractivity contribution >= 4 is 46.7 Å². The number of ether oxygens (including phenoxy) is 2. The molecule has 8 heterocycles. The Kier molecular flexibility index (Phi) is 11.0. The van der Waals surface area contributed by atoms with Gasteiger partial charge in [0.25, 0.3) is 24.1 Å². The normalized spacial score (nSPS) is 28.4. The van der Waals surface area contributed by atoms with E-state index in [1.54, 1.807) is 29.2 Å². The van der Waals surface area contributed by atoms with E-state index < -0.39 is 47.7 Å². The Labute approximate surface area is 373 Å². The molecule has 6 fully saturated rings. The quantitative estimate of drug-likeness (QED) is 0.187. The number of alkyl halides is 2. The Morgan fingerprint density at radius 1 is 0.938 bits per heavy atom. The highest BCUT2D eigenvalue weighted by molar-refractivity contribution is 6.24. The zero-order valence-electron chi connectivity index (χ0n) is 35.9. The fourth-order valence-electron chi connectivity index (χ4n) is 11.4. The van der Waals surface area contributed by atoms with Crippen LogP contribution in [0.15, 0.2) is 42.9 Å². The minimum absolute atomic E-state index is 0.00670. The predicted molar refractivity (Wildman–Crippen MR) is 228 cm³/mol. The maximum atomic E-state index is 14.3. The van der Waals surface area contributed by atoms with E-state index in [0.29, 0.717) is 41.6 Å². The van der Waals surface area contributed by atoms with Gasteiger partial charge in [-0.15, -0.1) is 0 Å². The number of carbonyl (C=O) groups is 5. The molecule has 2 aliphatic carbocycles. The first-order valence-electron chi connectivity index (χ1n) is 23.2. The van der Waals surface area contributed by atoms with E-state index in [1.807, 2.05) is 12.1 Å². The third-order valence-electron chi connectivity index (χ3n) is 14.9. The lowest BCUT2D eigenvalue weighted by atomic mass is 9.77. The Bertz CT molecular complexity index is 2540. The van der Waals surface area contributed by atoms with E-state index in [2.05, 4.69) is 30.6 Å². The maximum Gasteiger partial charge on any atom is 0.284 e. The number of nitrogens with zero attached hydrogens (tertiary/aromatic N) is 8. The van der Waals surface area contributed by atoms with E-state index in [1.165, 1.54) is 10.7 Å². The molecular formula is C46H52F2N10O7. The summed E-state index contributed by atoms with van der Waals surface area (Å²) in [6, 6.07) is 6.39. The van der Waals surface area contributed by atoms with Crippen LogP contribution in [0.5, 0.6) is 0 Å². The van der Waals surface area contributed by atoms with Crippen LogP contribution in [0.4, 0.5) is 20.3 Å². The SMILES string of the molecule is O=C1CCC(N2C(=O)c3cccc(CC4CC(OC5CCN(CC6CCC(n7cc(NC(=O)c8cnn9ccc(N%10C[C@H]%11C[C@@H]%10CO%11)nc89)c(C(F)F)n7)CC6)CC5)C4)c3C2=O)C(=O)N1. The molecule has 2 saturated carbocycles. The van der Waals surface area contributed by atoms with Gasteiger partial charge >= 0.3 is 0 Å². The van der Waals surface area contributed by atoms with Crippen molar-refractivity contribution in [2.24, 2.45) is 11.8 Å². The molecule has 5 aliphatic heterocycles. The van der Waals surface area contributed by atoms with Crippen molar-refractivity contribution in [1.82, 2.24) is 39.5 Å². The molecule has 2 N–H and O–H groups in total. The lowest BCUT2D eigenvalue weighted by Gasteiger charge is -2.41. The van der Waals surface area contributed by atoms with Gasteiger partial charge in [0.1, 0.15) is 17.4 Å². The second-order valence-corrected chi connectivity index (χ2v) is 19.0. The van der Waals surface area contributed by atoms with Crippen LogP contribution in [-0.4, -0.2) is 127 Å².